The number of hydrogen-bond acceptors (Lipinski definition) is 4. The lowest BCUT2D eigenvalue weighted by Crippen LogP contribution is -2.54. The molecule has 0 aliphatic carbocycles. The average molecular weight is 292 g/mol. The van der Waals surface area contributed by atoms with Crippen LogP contribution in [0.3, 0.4) is 0 Å². The van der Waals surface area contributed by atoms with Gasteiger partial charge in [0.15, 0.2) is 0 Å². The van der Waals surface area contributed by atoms with E-state index in [1.165, 1.54) is 6.07 Å². The highest BCUT2D eigenvalue weighted by atomic mass is 16.5. The summed E-state index contributed by atoms with van der Waals surface area (Å²) >= 11 is 0. The number of nitrogens with zero attached hydrogens (tertiary/aromatic N) is 2. The van der Waals surface area contributed by atoms with Crippen LogP contribution in [0.5, 0.6) is 5.75 Å². The first-order valence-corrected chi connectivity index (χ1v) is 7.52. The van der Waals surface area contributed by atoms with Gasteiger partial charge in [-0.2, -0.15) is 0 Å². The van der Waals surface area contributed by atoms with Gasteiger partial charge in [-0.1, -0.05) is 6.07 Å². The molecule has 0 spiro atoms. The number of carbonyl (C=O) groups is 1. The lowest BCUT2D eigenvalue weighted by molar-refractivity contribution is 0.0392. The van der Waals surface area contributed by atoms with E-state index in [0.717, 1.165) is 26.3 Å². The largest absolute Gasteiger partial charge is 0.508 e. The third-order valence-electron chi connectivity index (χ3n) is 3.87. The molecule has 1 saturated heterocycles. The molecule has 0 bridgehead atoms. The molecule has 1 aromatic carbocycles. The normalized spacial score (nSPS) is 19.7. The van der Waals surface area contributed by atoms with E-state index in [4.69, 9.17) is 4.74 Å². The van der Waals surface area contributed by atoms with E-state index in [0.29, 0.717) is 24.7 Å². The van der Waals surface area contributed by atoms with Gasteiger partial charge < -0.3 is 14.7 Å². The SMILES string of the molecule is CCOCCN1CCN(C(=O)c2cccc(O)c2)CC1C. The van der Waals surface area contributed by atoms with E-state index in [1.54, 1.807) is 18.2 Å². The fraction of sp³-hybridized carbons (Fsp3) is 0.562. The zero-order chi connectivity index (χ0) is 15.2. The number of phenolic OH excluding ortho intramolecular Hbond substituents is 1. The molecular formula is C16H24N2O3. The number of benzene rings is 1. The summed E-state index contributed by atoms with van der Waals surface area (Å²) < 4.78 is 5.39. The van der Waals surface area contributed by atoms with Crippen LogP contribution in [0.15, 0.2) is 24.3 Å². The molecule has 1 aliphatic rings. The number of ether oxygens (including phenoxy) is 1. The third-order valence-corrected chi connectivity index (χ3v) is 3.87. The van der Waals surface area contributed by atoms with Gasteiger partial charge >= 0.3 is 0 Å². The second-order valence-electron chi connectivity index (χ2n) is 5.38. The number of hydrogen-bond donors (Lipinski definition) is 1. The molecule has 21 heavy (non-hydrogen) atoms. The minimum absolute atomic E-state index is 0.0118. The summed E-state index contributed by atoms with van der Waals surface area (Å²) in [7, 11) is 0. The van der Waals surface area contributed by atoms with E-state index >= 15 is 0 Å². The molecule has 1 heterocycles. The quantitative estimate of drug-likeness (QED) is 0.837. The van der Waals surface area contributed by atoms with Gasteiger partial charge in [-0.05, 0) is 32.0 Å². The van der Waals surface area contributed by atoms with Gasteiger partial charge in [-0.25, -0.2) is 0 Å². The fourth-order valence-corrected chi connectivity index (χ4v) is 2.66. The van der Waals surface area contributed by atoms with Crippen molar-refractivity contribution in [1.82, 2.24) is 9.80 Å². The van der Waals surface area contributed by atoms with E-state index in [2.05, 4.69) is 11.8 Å². The fourth-order valence-electron chi connectivity index (χ4n) is 2.66. The molecule has 1 atom stereocenters. The van der Waals surface area contributed by atoms with Gasteiger partial charge in [-0.15, -0.1) is 0 Å². The molecular weight excluding hydrogens is 268 g/mol. The van der Waals surface area contributed by atoms with Crippen LogP contribution >= 0.6 is 0 Å². The van der Waals surface area contributed by atoms with Crippen molar-refractivity contribution in [2.24, 2.45) is 0 Å². The second kappa shape index (κ2) is 7.43. The van der Waals surface area contributed by atoms with Crippen molar-refractivity contribution >= 4 is 5.91 Å². The van der Waals surface area contributed by atoms with Crippen molar-refractivity contribution in [3.63, 3.8) is 0 Å². The Bertz CT molecular complexity index is 478. The first-order valence-electron chi connectivity index (χ1n) is 7.52. The Morgan fingerprint density at radius 3 is 2.90 bits per heavy atom. The average Bonchev–Trinajstić information content (AvgIpc) is 2.48. The van der Waals surface area contributed by atoms with Crippen molar-refractivity contribution < 1.29 is 14.6 Å². The van der Waals surface area contributed by atoms with E-state index in [-0.39, 0.29) is 11.7 Å². The first kappa shape index (κ1) is 15.8. The highest BCUT2D eigenvalue weighted by Crippen LogP contribution is 2.16. The molecule has 1 fully saturated rings. The van der Waals surface area contributed by atoms with E-state index < -0.39 is 0 Å². The van der Waals surface area contributed by atoms with Crippen LogP contribution in [0.1, 0.15) is 24.2 Å². The zero-order valence-electron chi connectivity index (χ0n) is 12.8. The van der Waals surface area contributed by atoms with Crippen molar-refractivity contribution in [2.75, 3.05) is 39.4 Å². The summed E-state index contributed by atoms with van der Waals surface area (Å²) in [5, 5.41) is 9.48. The van der Waals surface area contributed by atoms with Crippen molar-refractivity contribution in [3.05, 3.63) is 29.8 Å². The summed E-state index contributed by atoms with van der Waals surface area (Å²) in [4.78, 5) is 16.6. The van der Waals surface area contributed by atoms with Gasteiger partial charge in [0.05, 0.1) is 6.61 Å². The summed E-state index contributed by atoms with van der Waals surface area (Å²) in [5.74, 6) is 0.117. The van der Waals surface area contributed by atoms with Gasteiger partial charge in [0.2, 0.25) is 0 Å². The number of phenols is 1. The minimum Gasteiger partial charge on any atom is -0.508 e. The molecule has 0 radical (unpaired) electrons. The number of aromatic hydroxyl groups is 1. The molecule has 0 saturated carbocycles. The minimum atomic E-state index is -0.0118. The van der Waals surface area contributed by atoms with Crippen LogP contribution < -0.4 is 0 Å². The van der Waals surface area contributed by atoms with Crippen LogP contribution in [-0.2, 0) is 4.74 Å². The van der Waals surface area contributed by atoms with Crippen LogP contribution in [-0.4, -0.2) is 66.2 Å². The summed E-state index contributed by atoms with van der Waals surface area (Å²) in [6, 6.07) is 6.86. The number of carbonyl (C=O) groups excluding carboxylic acids is 1. The van der Waals surface area contributed by atoms with Crippen LogP contribution in [0.2, 0.25) is 0 Å². The molecule has 2 rings (SSSR count). The van der Waals surface area contributed by atoms with Gasteiger partial charge in [0.25, 0.3) is 5.91 Å². The van der Waals surface area contributed by atoms with Crippen molar-refractivity contribution in [2.45, 2.75) is 19.9 Å². The highest BCUT2D eigenvalue weighted by molar-refractivity contribution is 5.94. The highest BCUT2D eigenvalue weighted by Gasteiger charge is 2.27. The second-order valence-corrected chi connectivity index (χ2v) is 5.38. The van der Waals surface area contributed by atoms with Gasteiger partial charge in [0.1, 0.15) is 5.75 Å². The Morgan fingerprint density at radius 2 is 2.24 bits per heavy atom. The number of amides is 1. The van der Waals surface area contributed by atoms with Crippen LogP contribution in [0, 0.1) is 0 Å². The Labute approximate surface area is 126 Å². The van der Waals surface area contributed by atoms with Crippen molar-refractivity contribution in [3.8, 4) is 5.75 Å². The van der Waals surface area contributed by atoms with Crippen molar-refractivity contribution in [1.29, 1.82) is 0 Å². The molecule has 0 aromatic heterocycles. The van der Waals surface area contributed by atoms with Gasteiger partial charge in [0, 0.05) is 44.4 Å². The maximum Gasteiger partial charge on any atom is 0.254 e. The van der Waals surface area contributed by atoms with Gasteiger partial charge in [-0.3, -0.25) is 9.69 Å². The predicted octanol–water partition coefficient (Wildman–Crippen LogP) is 1.57. The monoisotopic (exact) mass is 292 g/mol. The van der Waals surface area contributed by atoms with Crippen LogP contribution in [0.25, 0.3) is 0 Å². The third kappa shape index (κ3) is 4.19. The summed E-state index contributed by atoms with van der Waals surface area (Å²) in [6.45, 7) is 8.79. The topological polar surface area (TPSA) is 53.0 Å². The molecule has 1 aromatic rings. The molecule has 1 N–H and O–H groups in total. The predicted molar refractivity (Wildman–Crippen MR) is 81.5 cm³/mol. The Morgan fingerprint density at radius 1 is 1.43 bits per heavy atom. The lowest BCUT2D eigenvalue weighted by atomic mass is 10.1. The van der Waals surface area contributed by atoms with Crippen LogP contribution in [0.4, 0.5) is 0 Å². The van der Waals surface area contributed by atoms with E-state index in [9.17, 15) is 9.90 Å². The molecule has 116 valence electrons. The lowest BCUT2D eigenvalue weighted by Gasteiger charge is -2.39. The zero-order valence-corrected chi connectivity index (χ0v) is 12.8. The standard InChI is InChI=1S/C16H24N2O3/c1-3-21-10-9-17-7-8-18(12-13(17)2)16(20)14-5-4-6-15(19)11-14/h4-6,11,13,19H,3,7-10,12H2,1-2H3. The maximum atomic E-state index is 12.4. The Balaban J connectivity index is 1.91. The molecule has 1 aliphatic heterocycles. The molecule has 5 heteroatoms. The first-order chi connectivity index (χ1) is 10.1. The Hall–Kier alpha value is -1.59. The molecule has 1 amide bonds. The van der Waals surface area contributed by atoms with E-state index in [1.807, 2.05) is 11.8 Å². The number of piperazine rings is 1. The summed E-state index contributed by atoms with van der Waals surface area (Å²) in [5.41, 5.74) is 0.546. The number of rotatable bonds is 5. The smallest absolute Gasteiger partial charge is 0.254 e. The Kier molecular flexibility index (Phi) is 5.59. The molecule has 5 nitrogen and oxygen atoms in total. The maximum absolute atomic E-state index is 12.4. The summed E-state index contributed by atoms with van der Waals surface area (Å²) in [6.07, 6.45) is 0. The molecule has 1 unspecified atom stereocenters.